The summed E-state index contributed by atoms with van der Waals surface area (Å²) in [6.07, 6.45) is 1.30. The van der Waals surface area contributed by atoms with Crippen LogP contribution in [0.5, 0.6) is 0 Å². The molecule has 0 radical (unpaired) electrons. The minimum Gasteiger partial charge on any atom is -0.334 e. The molecule has 1 aliphatic rings. The van der Waals surface area contributed by atoms with Gasteiger partial charge in [-0.05, 0) is 41.7 Å². The van der Waals surface area contributed by atoms with E-state index in [1.54, 1.807) is 18.2 Å². The lowest BCUT2D eigenvalue weighted by Gasteiger charge is -2.34. The quantitative estimate of drug-likeness (QED) is 0.371. The molecule has 0 saturated carbocycles. The SMILES string of the molecule is O=C([C@@H]1CCCN(S(=O)(=O)Cc2ccc(Cl)c(Cl)c2)C1)N(Cc1ccccc1)Cc1ccccc1. The summed E-state index contributed by atoms with van der Waals surface area (Å²) in [6.45, 7) is 1.54. The van der Waals surface area contributed by atoms with E-state index in [0.29, 0.717) is 48.1 Å². The number of nitrogens with zero attached hydrogens (tertiary/aromatic N) is 2. The topological polar surface area (TPSA) is 57.7 Å². The molecule has 1 heterocycles. The second-order valence-corrected chi connectivity index (χ2v) is 11.7. The van der Waals surface area contributed by atoms with Crippen LogP contribution < -0.4 is 0 Å². The second kappa shape index (κ2) is 11.6. The minimum atomic E-state index is -3.62. The van der Waals surface area contributed by atoms with Crippen molar-refractivity contribution in [3.63, 3.8) is 0 Å². The number of hydrogen-bond acceptors (Lipinski definition) is 3. The van der Waals surface area contributed by atoms with Gasteiger partial charge < -0.3 is 4.90 Å². The molecule has 184 valence electrons. The summed E-state index contributed by atoms with van der Waals surface area (Å²) in [7, 11) is -3.62. The highest BCUT2D eigenvalue weighted by molar-refractivity contribution is 7.88. The number of hydrogen-bond donors (Lipinski definition) is 0. The highest BCUT2D eigenvalue weighted by Gasteiger charge is 2.34. The first-order chi connectivity index (χ1) is 16.8. The molecule has 0 aromatic heterocycles. The minimum absolute atomic E-state index is 0.0212. The van der Waals surface area contributed by atoms with Crippen LogP contribution >= 0.6 is 23.2 Å². The largest absolute Gasteiger partial charge is 0.334 e. The Balaban J connectivity index is 1.50. The number of rotatable bonds is 8. The lowest BCUT2D eigenvalue weighted by molar-refractivity contribution is -0.138. The average molecular weight is 532 g/mol. The molecule has 5 nitrogen and oxygen atoms in total. The molecule has 3 aromatic rings. The lowest BCUT2D eigenvalue weighted by Crippen LogP contribution is -2.46. The molecule has 0 unspecified atom stereocenters. The first kappa shape index (κ1) is 25.7. The van der Waals surface area contributed by atoms with Crippen molar-refractivity contribution in [3.8, 4) is 0 Å². The van der Waals surface area contributed by atoms with Gasteiger partial charge in [0.2, 0.25) is 15.9 Å². The highest BCUT2D eigenvalue weighted by Crippen LogP contribution is 2.27. The summed E-state index contributed by atoms with van der Waals surface area (Å²) in [4.78, 5) is 15.5. The molecule has 4 rings (SSSR count). The van der Waals surface area contributed by atoms with Crippen LogP contribution in [-0.2, 0) is 33.7 Å². The molecule has 3 aromatic carbocycles. The predicted octanol–water partition coefficient (Wildman–Crippen LogP) is 5.76. The van der Waals surface area contributed by atoms with E-state index in [1.165, 1.54) is 4.31 Å². The number of carbonyl (C=O) groups excluding carboxylic acids is 1. The zero-order valence-electron chi connectivity index (χ0n) is 19.3. The number of benzene rings is 3. The van der Waals surface area contributed by atoms with Gasteiger partial charge in [-0.1, -0.05) is 89.9 Å². The maximum absolute atomic E-state index is 13.7. The molecular formula is C27H28Cl2N2O3S. The van der Waals surface area contributed by atoms with Crippen molar-refractivity contribution in [2.75, 3.05) is 13.1 Å². The third kappa shape index (κ3) is 6.85. The first-order valence-corrected chi connectivity index (χ1v) is 14.0. The average Bonchev–Trinajstić information content (AvgIpc) is 2.87. The van der Waals surface area contributed by atoms with E-state index in [4.69, 9.17) is 23.2 Å². The van der Waals surface area contributed by atoms with Gasteiger partial charge in [0.1, 0.15) is 0 Å². The molecule has 1 saturated heterocycles. The van der Waals surface area contributed by atoms with Crippen molar-refractivity contribution in [2.24, 2.45) is 5.92 Å². The maximum Gasteiger partial charge on any atom is 0.227 e. The summed E-state index contributed by atoms with van der Waals surface area (Å²) in [6, 6.07) is 24.6. The molecule has 1 fully saturated rings. The van der Waals surface area contributed by atoms with Gasteiger partial charge in [-0.15, -0.1) is 0 Å². The van der Waals surface area contributed by atoms with Crippen LogP contribution in [0.4, 0.5) is 0 Å². The predicted molar refractivity (Wildman–Crippen MR) is 141 cm³/mol. The van der Waals surface area contributed by atoms with E-state index >= 15 is 0 Å². The van der Waals surface area contributed by atoms with Crippen LogP contribution in [0.25, 0.3) is 0 Å². The Hall–Kier alpha value is -2.38. The summed E-state index contributed by atoms with van der Waals surface area (Å²) in [5.41, 5.74) is 2.65. The van der Waals surface area contributed by atoms with Crippen molar-refractivity contribution in [1.82, 2.24) is 9.21 Å². The number of carbonyl (C=O) groups is 1. The molecule has 1 amide bonds. The normalized spacial score (nSPS) is 16.7. The Labute approximate surface area is 217 Å². The van der Waals surface area contributed by atoms with Crippen molar-refractivity contribution in [1.29, 1.82) is 0 Å². The fourth-order valence-corrected chi connectivity index (χ4v) is 6.32. The smallest absolute Gasteiger partial charge is 0.227 e. The van der Waals surface area contributed by atoms with Crippen LogP contribution in [0.1, 0.15) is 29.5 Å². The van der Waals surface area contributed by atoms with E-state index in [9.17, 15) is 13.2 Å². The van der Waals surface area contributed by atoms with Crippen LogP contribution in [0.2, 0.25) is 10.0 Å². The standard InChI is InChI=1S/C27H28Cl2N2O3S/c28-25-14-13-23(16-26(25)29)20-35(33,34)31-15-7-12-24(19-31)27(32)30(17-21-8-3-1-4-9-21)18-22-10-5-2-6-11-22/h1-6,8-11,13-14,16,24H,7,12,15,17-20H2/t24-/m1/s1. The third-order valence-electron chi connectivity index (χ3n) is 6.20. The Bertz CT molecular complexity index is 1210. The van der Waals surface area contributed by atoms with Crippen LogP contribution in [0.3, 0.4) is 0 Å². The number of halogens is 2. The zero-order chi connectivity index (χ0) is 24.8. The van der Waals surface area contributed by atoms with E-state index in [0.717, 1.165) is 11.1 Å². The van der Waals surface area contributed by atoms with Crippen LogP contribution in [0, 0.1) is 5.92 Å². The Kier molecular flexibility index (Phi) is 8.50. The van der Waals surface area contributed by atoms with Gasteiger partial charge in [0.05, 0.1) is 21.7 Å². The summed E-state index contributed by atoms with van der Waals surface area (Å²) in [5.74, 6) is -0.588. The fraction of sp³-hybridized carbons (Fsp3) is 0.296. The fourth-order valence-electron chi connectivity index (χ4n) is 4.41. The Morgan fingerprint density at radius 3 is 2.03 bits per heavy atom. The Morgan fingerprint density at radius 2 is 1.46 bits per heavy atom. The lowest BCUT2D eigenvalue weighted by atomic mass is 9.97. The third-order valence-corrected chi connectivity index (χ3v) is 8.76. The number of sulfonamides is 1. The molecule has 0 N–H and O–H groups in total. The number of piperidine rings is 1. The molecule has 0 bridgehead atoms. The molecule has 0 aliphatic carbocycles. The highest BCUT2D eigenvalue weighted by atomic mass is 35.5. The molecular weight excluding hydrogens is 503 g/mol. The first-order valence-electron chi connectivity index (χ1n) is 11.6. The van der Waals surface area contributed by atoms with Gasteiger partial charge in [-0.3, -0.25) is 4.79 Å². The molecule has 1 atom stereocenters. The number of amides is 1. The van der Waals surface area contributed by atoms with Gasteiger partial charge in [-0.2, -0.15) is 0 Å². The van der Waals surface area contributed by atoms with E-state index in [1.807, 2.05) is 65.6 Å². The zero-order valence-corrected chi connectivity index (χ0v) is 21.6. The van der Waals surface area contributed by atoms with Gasteiger partial charge in [0, 0.05) is 26.2 Å². The molecule has 8 heteroatoms. The van der Waals surface area contributed by atoms with Gasteiger partial charge >= 0.3 is 0 Å². The van der Waals surface area contributed by atoms with Crippen LogP contribution in [-0.4, -0.2) is 36.6 Å². The molecule has 35 heavy (non-hydrogen) atoms. The monoisotopic (exact) mass is 530 g/mol. The van der Waals surface area contributed by atoms with E-state index in [-0.39, 0.29) is 24.1 Å². The summed E-state index contributed by atoms with van der Waals surface area (Å²) in [5, 5.41) is 0.705. The Morgan fingerprint density at radius 1 is 0.857 bits per heavy atom. The van der Waals surface area contributed by atoms with Gasteiger partial charge in [-0.25, -0.2) is 12.7 Å². The van der Waals surface area contributed by atoms with Gasteiger partial charge in [0.15, 0.2) is 0 Å². The van der Waals surface area contributed by atoms with Crippen molar-refractivity contribution in [3.05, 3.63) is 106 Å². The van der Waals surface area contributed by atoms with Gasteiger partial charge in [0.25, 0.3) is 0 Å². The van der Waals surface area contributed by atoms with Crippen molar-refractivity contribution in [2.45, 2.75) is 31.7 Å². The second-order valence-electron chi connectivity index (χ2n) is 8.87. The van der Waals surface area contributed by atoms with Crippen molar-refractivity contribution < 1.29 is 13.2 Å². The maximum atomic E-state index is 13.7. The molecule has 1 aliphatic heterocycles. The van der Waals surface area contributed by atoms with Crippen molar-refractivity contribution >= 4 is 39.1 Å². The summed E-state index contributed by atoms with van der Waals surface area (Å²) >= 11 is 12.0. The van der Waals surface area contributed by atoms with E-state index in [2.05, 4.69) is 0 Å². The summed E-state index contributed by atoms with van der Waals surface area (Å²) < 4.78 is 27.8. The van der Waals surface area contributed by atoms with E-state index < -0.39 is 10.0 Å². The molecule has 0 spiro atoms. The van der Waals surface area contributed by atoms with Crippen LogP contribution in [0.15, 0.2) is 78.9 Å².